The van der Waals surface area contributed by atoms with Crippen molar-refractivity contribution in [1.82, 2.24) is 9.97 Å². The number of aryl methyl sites for hydroxylation is 1. The molecule has 3 nitrogen and oxygen atoms in total. The first kappa shape index (κ1) is 11.5. The number of fused-ring (bicyclic) bond motifs is 1. The Kier molecular flexibility index (Phi) is 2.77. The van der Waals surface area contributed by atoms with Gasteiger partial charge in [-0.05, 0) is 41.0 Å². The van der Waals surface area contributed by atoms with Crippen LogP contribution in [0.25, 0.3) is 10.8 Å². The molecule has 3 heteroatoms. The second-order valence-corrected chi connectivity index (χ2v) is 4.61. The first-order chi connectivity index (χ1) is 9.28. The molecule has 0 saturated carbocycles. The molecule has 1 heterocycles. The lowest BCUT2D eigenvalue weighted by Crippen LogP contribution is -1.95. The van der Waals surface area contributed by atoms with Crippen LogP contribution in [0.5, 0.6) is 0 Å². The highest BCUT2D eigenvalue weighted by Crippen LogP contribution is 2.24. The van der Waals surface area contributed by atoms with E-state index in [9.17, 15) is 0 Å². The second-order valence-electron chi connectivity index (χ2n) is 4.61. The van der Waals surface area contributed by atoms with E-state index in [1.807, 2.05) is 24.4 Å². The van der Waals surface area contributed by atoms with E-state index < -0.39 is 0 Å². The van der Waals surface area contributed by atoms with Crippen LogP contribution in [0.2, 0.25) is 0 Å². The number of hydrogen-bond acceptors (Lipinski definition) is 2. The van der Waals surface area contributed by atoms with Crippen molar-refractivity contribution in [3.63, 3.8) is 0 Å². The molecule has 3 aromatic rings. The lowest BCUT2D eigenvalue weighted by molar-refractivity contribution is 1.02. The van der Waals surface area contributed by atoms with Gasteiger partial charge in [-0.25, -0.2) is 4.98 Å². The molecule has 0 bridgehead atoms. The Morgan fingerprint density at radius 2 is 2.11 bits per heavy atom. The van der Waals surface area contributed by atoms with E-state index in [0.29, 0.717) is 5.56 Å². The summed E-state index contributed by atoms with van der Waals surface area (Å²) in [6.07, 6.45) is 4.38. The molecule has 0 spiro atoms. The molecule has 0 aliphatic rings. The van der Waals surface area contributed by atoms with Crippen LogP contribution >= 0.6 is 0 Å². The third-order valence-electron chi connectivity index (χ3n) is 3.44. The van der Waals surface area contributed by atoms with Gasteiger partial charge in [0, 0.05) is 18.8 Å². The number of imidazole rings is 1. The summed E-state index contributed by atoms with van der Waals surface area (Å²) in [5.74, 6) is 0.957. The number of benzene rings is 2. The number of nitrogens with zero attached hydrogens (tertiary/aromatic N) is 2. The molecule has 3 rings (SSSR count). The topological polar surface area (TPSA) is 52.5 Å². The van der Waals surface area contributed by atoms with Crippen LogP contribution in [-0.4, -0.2) is 9.97 Å². The van der Waals surface area contributed by atoms with Crippen molar-refractivity contribution in [3.05, 3.63) is 65.2 Å². The zero-order chi connectivity index (χ0) is 13.2. The highest BCUT2D eigenvalue weighted by Gasteiger charge is 2.06. The summed E-state index contributed by atoms with van der Waals surface area (Å²) in [5, 5.41) is 11.3. The Hall–Kier alpha value is -2.60. The number of hydrogen-bond donors (Lipinski definition) is 1. The van der Waals surface area contributed by atoms with Gasteiger partial charge in [0.15, 0.2) is 0 Å². The molecule has 0 atom stereocenters. The molecule has 2 aromatic carbocycles. The zero-order valence-electron chi connectivity index (χ0n) is 10.6. The Labute approximate surface area is 111 Å². The lowest BCUT2D eigenvalue weighted by Gasteiger charge is -2.08. The van der Waals surface area contributed by atoms with Crippen molar-refractivity contribution in [2.45, 2.75) is 13.3 Å². The minimum Gasteiger partial charge on any atom is -0.348 e. The summed E-state index contributed by atoms with van der Waals surface area (Å²) in [6.45, 7) is 2.10. The Morgan fingerprint density at radius 1 is 1.26 bits per heavy atom. The molecule has 19 heavy (non-hydrogen) atoms. The van der Waals surface area contributed by atoms with E-state index in [1.54, 1.807) is 6.20 Å². The third kappa shape index (κ3) is 2.09. The fraction of sp³-hybridized carbons (Fsp3) is 0.125. The monoisotopic (exact) mass is 247 g/mol. The summed E-state index contributed by atoms with van der Waals surface area (Å²) in [5.41, 5.74) is 3.15. The normalized spacial score (nSPS) is 10.5. The molecule has 0 aliphatic carbocycles. The van der Waals surface area contributed by atoms with E-state index >= 15 is 0 Å². The van der Waals surface area contributed by atoms with Crippen molar-refractivity contribution in [2.24, 2.45) is 0 Å². The number of aromatic nitrogens is 2. The zero-order valence-corrected chi connectivity index (χ0v) is 10.6. The van der Waals surface area contributed by atoms with Gasteiger partial charge in [-0.2, -0.15) is 5.26 Å². The van der Waals surface area contributed by atoms with Gasteiger partial charge in [-0.1, -0.05) is 18.2 Å². The van der Waals surface area contributed by atoms with Crippen LogP contribution in [0.3, 0.4) is 0 Å². The first-order valence-corrected chi connectivity index (χ1v) is 6.18. The van der Waals surface area contributed by atoms with Gasteiger partial charge in [-0.3, -0.25) is 0 Å². The number of nitrogens with one attached hydrogen (secondary N) is 1. The average Bonchev–Trinajstić information content (AvgIpc) is 2.95. The highest BCUT2D eigenvalue weighted by atomic mass is 14.9. The average molecular weight is 247 g/mol. The largest absolute Gasteiger partial charge is 0.348 e. The first-order valence-electron chi connectivity index (χ1n) is 6.18. The van der Waals surface area contributed by atoms with Gasteiger partial charge in [0.1, 0.15) is 5.82 Å². The maximum absolute atomic E-state index is 9.00. The quantitative estimate of drug-likeness (QED) is 0.755. The van der Waals surface area contributed by atoms with E-state index in [1.165, 1.54) is 16.5 Å². The molecule has 0 unspecified atom stereocenters. The fourth-order valence-electron chi connectivity index (χ4n) is 2.35. The number of rotatable bonds is 2. The van der Waals surface area contributed by atoms with Gasteiger partial charge in [-0.15, -0.1) is 0 Å². The van der Waals surface area contributed by atoms with Crippen molar-refractivity contribution in [3.8, 4) is 6.07 Å². The lowest BCUT2D eigenvalue weighted by atomic mass is 9.97. The molecular formula is C16H13N3. The molecule has 0 saturated heterocycles. The number of nitriles is 1. The van der Waals surface area contributed by atoms with E-state index in [-0.39, 0.29) is 0 Å². The van der Waals surface area contributed by atoms with Crippen molar-refractivity contribution >= 4 is 10.8 Å². The molecule has 0 aliphatic heterocycles. The standard InChI is InChI=1S/C16H13N3/c1-11-14(9-16-18-6-7-19-16)5-4-13-3-2-12(10-17)8-15(11)13/h2-8H,9H2,1H3,(H,18,19). The molecule has 0 amide bonds. The van der Waals surface area contributed by atoms with Gasteiger partial charge >= 0.3 is 0 Å². The minimum absolute atomic E-state index is 0.700. The van der Waals surface area contributed by atoms with Crippen LogP contribution in [-0.2, 0) is 6.42 Å². The van der Waals surface area contributed by atoms with Crippen molar-refractivity contribution in [2.75, 3.05) is 0 Å². The van der Waals surface area contributed by atoms with Crippen molar-refractivity contribution < 1.29 is 0 Å². The predicted molar refractivity (Wildman–Crippen MR) is 74.8 cm³/mol. The van der Waals surface area contributed by atoms with Gasteiger partial charge in [0.25, 0.3) is 0 Å². The summed E-state index contributed by atoms with van der Waals surface area (Å²) < 4.78 is 0. The third-order valence-corrected chi connectivity index (χ3v) is 3.44. The Morgan fingerprint density at radius 3 is 2.84 bits per heavy atom. The number of H-pyrrole nitrogens is 1. The molecule has 92 valence electrons. The van der Waals surface area contributed by atoms with Crippen LogP contribution in [0.4, 0.5) is 0 Å². The number of aromatic amines is 1. The van der Waals surface area contributed by atoms with E-state index in [2.05, 4.69) is 35.1 Å². The molecule has 0 radical (unpaired) electrons. The van der Waals surface area contributed by atoms with Gasteiger partial charge in [0.2, 0.25) is 0 Å². The highest BCUT2D eigenvalue weighted by molar-refractivity contribution is 5.87. The van der Waals surface area contributed by atoms with E-state index in [4.69, 9.17) is 5.26 Å². The Bertz CT molecular complexity index is 765. The maximum atomic E-state index is 9.00. The van der Waals surface area contributed by atoms with Gasteiger partial charge in [0.05, 0.1) is 11.6 Å². The predicted octanol–water partition coefficient (Wildman–Crippen LogP) is 3.33. The van der Waals surface area contributed by atoms with Crippen molar-refractivity contribution in [1.29, 1.82) is 5.26 Å². The van der Waals surface area contributed by atoms with Gasteiger partial charge < -0.3 is 4.98 Å². The SMILES string of the molecule is Cc1c(Cc2ncc[nH]2)ccc2ccc(C#N)cc12. The summed E-state index contributed by atoms with van der Waals surface area (Å²) in [7, 11) is 0. The van der Waals surface area contributed by atoms with E-state index in [0.717, 1.165) is 17.6 Å². The maximum Gasteiger partial charge on any atom is 0.110 e. The van der Waals surface area contributed by atoms with Crippen LogP contribution in [0.15, 0.2) is 42.7 Å². The summed E-state index contributed by atoms with van der Waals surface area (Å²) in [6, 6.07) is 12.2. The summed E-state index contributed by atoms with van der Waals surface area (Å²) >= 11 is 0. The second kappa shape index (κ2) is 4.58. The molecular weight excluding hydrogens is 234 g/mol. The summed E-state index contributed by atoms with van der Waals surface area (Å²) in [4.78, 5) is 7.38. The smallest absolute Gasteiger partial charge is 0.110 e. The molecule has 1 N–H and O–H groups in total. The van der Waals surface area contributed by atoms with Crippen LogP contribution in [0.1, 0.15) is 22.5 Å². The van der Waals surface area contributed by atoms with Crippen LogP contribution < -0.4 is 0 Å². The molecule has 0 fully saturated rings. The Balaban J connectivity index is 2.11. The fourth-order valence-corrected chi connectivity index (χ4v) is 2.35. The van der Waals surface area contributed by atoms with Crippen LogP contribution in [0, 0.1) is 18.3 Å². The minimum atomic E-state index is 0.700. The molecule has 1 aromatic heterocycles.